The highest BCUT2D eigenvalue weighted by molar-refractivity contribution is 5.83. The lowest BCUT2D eigenvalue weighted by molar-refractivity contribution is 0.280. The van der Waals surface area contributed by atoms with Gasteiger partial charge in [0.1, 0.15) is 5.75 Å². The Balaban J connectivity index is 1.75. The Bertz CT molecular complexity index is 612. The van der Waals surface area contributed by atoms with Gasteiger partial charge in [-0.15, -0.1) is 0 Å². The second kappa shape index (κ2) is 8.63. The van der Waals surface area contributed by atoms with Gasteiger partial charge < -0.3 is 4.74 Å². The Labute approximate surface area is 135 Å². The molecule has 1 unspecified atom stereocenters. The normalized spacial score (nSPS) is 13.3. The van der Waals surface area contributed by atoms with Crippen LogP contribution in [0.4, 0.5) is 0 Å². The number of hydrogen-bond donors (Lipinski definition) is 0. The summed E-state index contributed by atoms with van der Waals surface area (Å²) >= 11 is 0. The number of hydrogen-bond acceptors (Lipinski definition) is 1. The van der Waals surface area contributed by atoms with E-state index < -0.39 is 0 Å². The first kappa shape index (κ1) is 16.6. The second-order valence-corrected chi connectivity index (χ2v) is 6.23. The zero-order valence-electron chi connectivity index (χ0n) is 14.1. The third kappa shape index (κ3) is 5.22. The Kier molecular flexibility index (Phi) is 6.51. The van der Waals surface area contributed by atoms with Crippen molar-refractivity contribution < 1.29 is 4.74 Å². The van der Waals surface area contributed by atoms with Crippen LogP contribution in [-0.4, -0.2) is 6.61 Å². The summed E-state index contributed by atoms with van der Waals surface area (Å²) in [4.78, 5) is 0. The van der Waals surface area contributed by atoms with E-state index in [1.165, 1.54) is 35.6 Å². The van der Waals surface area contributed by atoms with E-state index in [0.29, 0.717) is 5.92 Å². The van der Waals surface area contributed by atoms with E-state index in [1.54, 1.807) is 0 Å². The summed E-state index contributed by atoms with van der Waals surface area (Å²) in [6, 6.07) is 14.7. The van der Waals surface area contributed by atoms with Crippen molar-refractivity contribution in [2.75, 3.05) is 6.61 Å². The van der Waals surface area contributed by atoms with Crippen molar-refractivity contribution in [3.05, 3.63) is 54.1 Å². The molecule has 2 aromatic carbocycles. The first-order valence-electron chi connectivity index (χ1n) is 8.46. The molecule has 0 aromatic heterocycles. The first-order valence-corrected chi connectivity index (χ1v) is 8.46. The van der Waals surface area contributed by atoms with E-state index in [2.05, 4.69) is 69.3 Å². The molecule has 118 valence electrons. The van der Waals surface area contributed by atoms with Crippen molar-refractivity contribution in [2.45, 2.75) is 46.5 Å². The molecule has 0 spiro atoms. The molecule has 0 fully saturated rings. The molecule has 0 bridgehead atoms. The number of ether oxygens (including phenoxy) is 1. The average Bonchev–Trinajstić information content (AvgIpc) is 2.54. The van der Waals surface area contributed by atoms with E-state index >= 15 is 0 Å². The van der Waals surface area contributed by atoms with Gasteiger partial charge in [0.2, 0.25) is 0 Å². The zero-order chi connectivity index (χ0) is 15.8. The lowest BCUT2D eigenvalue weighted by Gasteiger charge is -2.12. The average molecular weight is 296 g/mol. The molecule has 22 heavy (non-hydrogen) atoms. The zero-order valence-corrected chi connectivity index (χ0v) is 14.1. The third-order valence-electron chi connectivity index (χ3n) is 4.31. The lowest BCUT2D eigenvalue weighted by atomic mass is 10.0. The van der Waals surface area contributed by atoms with Crippen LogP contribution in [0.15, 0.2) is 54.1 Å². The van der Waals surface area contributed by atoms with E-state index in [1.807, 2.05) is 0 Å². The Morgan fingerprint density at radius 2 is 1.86 bits per heavy atom. The van der Waals surface area contributed by atoms with Crippen molar-refractivity contribution in [3.63, 3.8) is 0 Å². The summed E-state index contributed by atoms with van der Waals surface area (Å²) in [5.74, 6) is 1.69. The van der Waals surface area contributed by atoms with Gasteiger partial charge in [0.15, 0.2) is 0 Å². The number of rotatable bonds is 8. The van der Waals surface area contributed by atoms with Crippen LogP contribution in [-0.2, 0) is 0 Å². The first-order chi connectivity index (χ1) is 10.7. The fraction of sp³-hybridized carbons (Fsp3) is 0.429. The lowest BCUT2D eigenvalue weighted by Crippen LogP contribution is -2.04. The highest BCUT2D eigenvalue weighted by Gasteiger charge is 2.03. The van der Waals surface area contributed by atoms with Gasteiger partial charge in [0.05, 0.1) is 6.61 Å². The summed E-state index contributed by atoms with van der Waals surface area (Å²) < 4.78 is 5.92. The monoisotopic (exact) mass is 296 g/mol. The van der Waals surface area contributed by atoms with Crippen LogP contribution in [0.3, 0.4) is 0 Å². The quantitative estimate of drug-likeness (QED) is 0.513. The maximum Gasteiger partial charge on any atom is 0.119 e. The highest BCUT2D eigenvalue weighted by atomic mass is 16.5. The molecule has 0 radical (unpaired) electrons. The predicted octanol–water partition coefficient (Wildman–Crippen LogP) is 6.38. The van der Waals surface area contributed by atoms with Gasteiger partial charge in [0.25, 0.3) is 0 Å². The molecule has 1 heteroatoms. The third-order valence-corrected chi connectivity index (χ3v) is 4.31. The van der Waals surface area contributed by atoms with Crippen LogP contribution in [0.25, 0.3) is 10.8 Å². The summed E-state index contributed by atoms with van der Waals surface area (Å²) in [5.41, 5.74) is 1.50. The molecule has 0 N–H and O–H groups in total. The maximum atomic E-state index is 5.92. The van der Waals surface area contributed by atoms with Crippen molar-refractivity contribution >= 4 is 10.8 Å². The molecule has 0 aliphatic rings. The van der Waals surface area contributed by atoms with Gasteiger partial charge in [-0.3, -0.25) is 0 Å². The van der Waals surface area contributed by atoms with Crippen LogP contribution in [0.1, 0.15) is 46.5 Å². The van der Waals surface area contributed by atoms with Gasteiger partial charge in [-0.1, -0.05) is 55.8 Å². The van der Waals surface area contributed by atoms with E-state index in [4.69, 9.17) is 4.74 Å². The molecule has 1 nitrogen and oxygen atoms in total. The maximum absolute atomic E-state index is 5.92. The van der Waals surface area contributed by atoms with Crippen LogP contribution in [0.2, 0.25) is 0 Å². The minimum Gasteiger partial charge on any atom is -0.494 e. The number of allylic oxidation sites excluding steroid dienone is 2. The molecule has 0 heterocycles. The van der Waals surface area contributed by atoms with Gasteiger partial charge in [-0.05, 0) is 61.4 Å². The van der Waals surface area contributed by atoms with Crippen LogP contribution in [0, 0.1) is 5.92 Å². The number of fused-ring (bicyclic) bond motifs is 1. The molecule has 0 aliphatic carbocycles. The van der Waals surface area contributed by atoms with E-state index in [-0.39, 0.29) is 0 Å². The van der Waals surface area contributed by atoms with E-state index in [9.17, 15) is 0 Å². The molecule has 1 atom stereocenters. The van der Waals surface area contributed by atoms with Crippen molar-refractivity contribution in [1.82, 2.24) is 0 Å². The molecule has 0 saturated carbocycles. The molecule has 2 rings (SSSR count). The second-order valence-electron chi connectivity index (χ2n) is 6.23. The van der Waals surface area contributed by atoms with Gasteiger partial charge in [-0.2, -0.15) is 0 Å². The largest absolute Gasteiger partial charge is 0.494 e. The Hall–Kier alpha value is -1.76. The SMILES string of the molecule is CCC(C)=CCCC(C)CCOc1ccc2ccccc2c1. The summed E-state index contributed by atoms with van der Waals surface area (Å²) in [7, 11) is 0. The summed E-state index contributed by atoms with van der Waals surface area (Å²) in [5, 5.41) is 2.51. The summed E-state index contributed by atoms with van der Waals surface area (Å²) in [6.45, 7) is 7.55. The molecule has 0 saturated heterocycles. The van der Waals surface area contributed by atoms with Crippen molar-refractivity contribution in [2.24, 2.45) is 5.92 Å². The minimum atomic E-state index is 0.710. The smallest absolute Gasteiger partial charge is 0.119 e. The molecular formula is C21H28O. The van der Waals surface area contributed by atoms with Crippen LogP contribution < -0.4 is 4.74 Å². The number of benzene rings is 2. The summed E-state index contributed by atoms with van der Waals surface area (Å²) in [6.07, 6.45) is 7.10. The van der Waals surface area contributed by atoms with Gasteiger partial charge in [-0.25, -0.2) is 0 Å². The molecule has 0 aliphatic heterocycles. The Morgan fingerprint density at radius 3 is 2.64 bits per heavy atom. The standard InChI is InChI=1S/C21H28O/c1-4-17(2)8-7-9-18(3)14-15-22-21-13-12-19-10-5-6-11-20(19)16-21/h5-6,8,10-13,16,18H,4,7,9,14-15H2,1-3H3. The van der Waals surface area contributed by atoms with Gasteiger partial charge >= 0.3 is 0 Å². The molecular weight excluding hydrogens is 268 g/mol. The van der Waals surface area contributed by atoms with Crippen molar-refractivity contribution in [1.29, 1.82) is 0 Å². The van der Waals surface area contributed by atoms with Gasteiger partial charge in [0, 0.05) is 0 Å². The predicted molar refractivity (Wildman–Crippen MR) is 96.5 cm³/mol. The fourth-order valence-corrected chi connectivity index (χ4v) is 2.54. The van der Waals surface area contributed by atoms with E-state index in [0.717, 1.165) is 18.8 Å². The van der Waals surface area contributed by atoms with Crippen molar-refractivity contribution in [3.8, 4) is 5.75 Å². The van der Waals surface area contributed by atoms with Crippen LogP contribution in [0.5, 0.6) is 5.75 Å². The van der Waals surface area contributed by atoms with Crippen LogP contribution >= 0.6 is 0 Å². The molecule has 0 amide bonds. The topological polar surface area (TPSA) is 9.23 Å². The minimum absolute atomic E-state index is 0.710. The Morgan fingerprint density at radius 1 is 1.09 bits per heavy atom. The fourth-order valence-electron chi connectivity index (χ4n) is 2.54. The highest BCUT2D eigenvalue weighted by Crippen LogP contribution is 2.21. The molecule has 2 aromatic rings.